The first-order valence-electron chi connectivity index (χ1n) is 10.9. The zero-order valence-electron chi connectivity index (χ0n) is 23.5. The van der Waals surface area contributed by atoms with E-state index in [9.17, 15) is 23.2 Å². The quantitative estimate of drug-likeness (QED) is 0.102. The molecule has 0 aliphatic carbocycles. The Kier molecular flexibility index (Phi) is 16.9. The van der Waals surface area contributed by atoms with Crippen LogP contribution in [0.15, 0.2) is 98.1 Å². The summed E-state index contributed by atoms with van der Waals surface area (Å²) in [6.07, 6.45) is 0. The van der Waals surface area contributed by atoms with E-state index in [1.807, 2.05) is 25.1 Å². The average Bonchev–Trinajstić information content (AvgIpc) is 2.87. The molecular weight excluding hydrogens is 637 g/mol. The number of benzene rings is 5. The largest absolute Gasteiger partial charge is 1.00 e. The monoisotopic (exact) mass is 656 g/mol. The molecule has 0 atom stereocenters. The van der Waals surface area contributed by atoms with Gasteiger partial charge in [-0.2, -0.15) is 45.7 Å². The molecule has 0 saturated carbocycles. The normalized spacial score (nSPS) is 10.8. The zero-order valence-corrected chi connectivity index (χ0v) is 31.3. The van der Waals surface area contributed by atoms with Crippen LogP contribution in [-0.4, -0.2) is 23.2 Å². The average molecular weight is 657 g/mol. The zero-order chi connectivity index (χ0) is 26.2. The Hall–Kier alpha value is -1.15. The van der Waals surface area contributed by atoms with Gasteiger partial charge in [0.15, 0.2) is 0 Å². The number of rotatable bonds is 5. The van der Waals surface area contributed by atoms with E-state index >= 15 is 0 Å². The van der Waals surface area contributed by atoms with Crippen molar-refractivity contribution in [1.29, 1.82) is 0 Å². The number of phenols is 2. The Morgan fingerprint density at radius 3 is 2.05 bits per heavy atom. The fourth-order valence-corrected chi connectivity index (χ4v) is 4.39. The van der Waals surface area contributed by atoms with Gasteiger partial charge in [-0.1, -0.05) is 23.1 Å². The maximum atomic E-state index is 11.6. The molecule has 42 heavy (non-hydrogen) atoms. The molecule has 0 radical (unpaired) electrons. The minimum Gasteiger partial charge on any atom is -0.754 e. The molecule has 202 valence electrons. The number of azo groups is 2. The van der Waals surface area contributed by atoms with Crippen LogP contribution in [0.2, 0.25) is 0 Å². The Morgan fingerprint density at radius 1 is 0.762 bits per heavy atom. The van der Waals surface area contributed by atoms with E-state index in [0.29, 0.717) is 22.1 Å². The van der Waals surface area contributed by atoms with Gasteiger partial charge in [-0.05, 0) is 36.1 Å². The second kappa shape index (κ2) is 17.4. The minimum atomic E-state index is -4.69. The molecule has 9 nitrogen and oxygen atoms in total. The van der Waals surface area contributed by atoms with E-state index < -0.39 is 10.1 Å². The molecule has 14 heteroatoms. The summed E-state index contributed by atoms with van der Waals surface area (Å²) in [5, 5.41) is 39.3. The summed E-state index contributed by atoms with van der Waals surface area (Å²) in [6, 6.07) is 24.6. The van der Waals surface area contributed by atoms with Crippen LogP contribution in [0.4, 0.5) is 22.7 Å². The predicted octanol–water partition coefficient (Wildman–Crippen LogP) is -1.49. The number of aromatic hydroxyl groups is 2. The Morgan fingerprint density at radius 2 is 1.38 bits per heavy atom. The van der Waals surface area contributed by atoms with Gasteiger partial charge >= 0.3 is 106 Å². The third-order valence-electron chi connectivity index (χ3n) is 5.58. The third kappa shape index (κ3) is 9.42. The second-order valence-corrected chi connectivity index (χ2v) is 9.54. The molecule has 0 spiro atoms. The van der Waals surface area contributed by atoms with E-state index in [1.165, 1.54) is 18.2 Å². The molecule has 0 bridgehead atoms. The van der Waals surface area contributed by atoms with Crippen LogP contribution < -0.4 is 88.7 Å². The standard InChI is InChI=1S/C27H18N4O5S.CH3.Cu.3Na/c1-16-5-6-18-8-11-24(27(33)22(18)13-16)31-30-23-12-10-20(15-25(23)32)29-28-19-9-7-17-3-2-4-26(21(17)14-19)37(34,35)36;;;;;/h3-10,12-15,32-33H,1H3,(H,34,35,36);1H3;;;;/q-2;-1;4*+1/p-1. The number of aryl methyl sites for hydroxylation is 1. The first-order chi connectivity index (χ1) is 17.7. The minimum absolute atomic E-state index is 0. The summed E-state index contributed by atoms with van der Waals surface area (Å²) in [6.45, 7) is 1.92. The van der Waals surface area contributed by atoms with Gasteiger partial charge in [-0.15, -0.1) is 33.4 Å². The van der Waals surface area contributed by atoms with Gasteiger partial charge in [0.1, 0.15) is 11.4 Å². The summed E-state index contributed by atoms with van der Waals surface area (Å²) in [4.78, 5) is -0.390. The van der Waals surface area contributed by atoms with Crippen molar-refractivity contribution in [2.75, 3.05) is 0 Å². The first-order valence-corrected chi connectivity index (χ1v) is 12.3. The van der Waals surface area contributed by atoms with Crippen molar-refractivity contribution in [3.05, 3.63) is 97.9 Å². The van der Waals surface area contributed by atoms with Crippen molar-refractivity contribution >= 4 is 54.4 Å². The third-order valence-corrected chi connectivity index (χ3v) is 6.45. The van der Waals surface area contributed by atoms with Crippen LogP contribution in [0.1, 0.15) is 5.56 Å². The van der Waals surface area contributed by atoms with E-state index in [0.717, 1.165) is 17.0 Å². The van der Waals surface area contributed by atoms with Crippen LogP contribution in [0.3, 0.4) is 0 Å². The van der Waals surface area contributed by atoms with Crippen molar-refractivity contribution in [1.82, 2.24) is 0 Å². The molecule has 5 aromatic rings. The molecule has 2 N–H and O–H groups in total. The molecule has 0 unspecified atom stereocenters. The molecule has 0 aromatic heterocycles. The van der Waals surface area contributed by atoms with Crippen LogP contribution in [0.5, 0.6) is 11.5 Å². The SMILES string of the molecule is Cc1ccc2c[c-]c(N=Nc3ccc(N=Nc4ccc5c[c-]cc(S(=O)(=O)[O-])c5c4)cc3O)c(O)c2c1.[CH3-].[Cu+].[Na+].[Na+].[Na+]. The molecule has 0 amide bonds. The summed E-state index contributed by atoms with van der Waals surface area (Å²) < 4.78 is 34.7. The molecule has 0 aliphatic rings. The van der Waals surface area contributed by atoms with Gasteiger partial charge in [0, 0.05) is 17.5 Å². The van der Waals surface area contributed by atoms with Crippen molar-refractivity contribution in [3.63, 3.8) is 0 Å². The molecular formula is C28H20CuN4Na3O5S. The molecule has 0 saturated heterocycles. The summed E-state index contributed by atoms with van der Waals surface area (Å²) in [7, 11) is -4.69. The number of nitrogens with zero attached hydrogens (tertiary/aromatic N) is 4. The van der Waals surface area contributed by atoms with E-state index in [-0.39, 0.29) is 146 Å². The van der Waals surface area contributed by atoms with Gasteiger partial charge in [-0.3, -0.25) is 8.42 Å². The van der Waals surface area contributed by atoms with Crippen LogP contribution in [0.25, 0.3) is 21.5 Å². The van der Waals surface area contributed by atoms with Crippen molar-refractivity contribution in [2.24, 2.45) is 20.5 Å². The van der Waals surface area contributed by atoms with Crippen LogP contribution >= 0.6 is 0 Å². The van der Waals surface area contributed by atoms with Crippen LogP contribution in [0, 0.1) is 26.5 Å². The second-order valence-electron chi connectivity index (χ2n) is 8.19. The summed E-state index contributed by atoms with van der Waals surface area (Å²) in [5.74, 6) is -0.277. The molecule has 0 aliphatic heterocycles. The summed E-state index contributed by atoms with van der Waals surface area (Å²) in [5.41, 5.74) is 1.87. The Labute approximate surface area is 321 Å². The van der Waals surface area contributed by atoms with Crippen molar-refractivity contribution in [2.45, 2.75) is 11.8 Å². The fourth-order valence-electron chi connectivity index (χ4n) is 3.73. The van der Waals surface area contributed by atoms with E-state index in [2.05, 4.69) is 32.6 Å². The van der Waals surface area contributed by atoms with E-state index in [1.54, 1.807) is 30.3 Å². The van der Waals surface area contributed by atoms with Gasteiger partial charge in [0.05, 0.1) is 21.5 Å². The maximum absolute atomic E-state index is 11.6. The number of fused-ring (bicyclic) bond motifs is 2. The predicted molar refractivity (Wildman–Crippen MR) is 143 cm³/mol. The Bertz CT molecular complexity index is 1870. The fraction of sp³-hybridized carbons (Fsp3) is 0.0357. The smallest absolute Gasteiger partial charge is 0.754 e. The topological polar surface area (TPSA) is 147 Å². The number of phenolic OH excluding ortho intramolecular Hbond substituents is 2. The van der Waals surface area contributed by atoms with Gasteiger partial charge in [0.25, 0.3) is 0 Å². The van der Waals surface area contributed by atoms with Crippen LogP contribution in [-0.2, 0) is 27.2 Å². The molecule has 0 fully saturated rings. The number of hydrogen-bond acceptors (Lipinski definition) is 9. The van der Waals surface area contributed by atoms with Crippen molar-refractivity contribution < 1.29 is 129 Å². The van der Waals surface area contributed by atoms with Gasteiger partial charge in [-0.25, -0.2) is 0 Å². The Balaban J connectivity index is 0.00000336. The number of hydrogen-bond donors (Lipinski definition) is 2. The van der Waals surface area contributed by atoms with Gasteiger partial charge < -0.3 is 22.2 Å². The van der Waals surface area contributed by atoms with E-state index in [4.69, 9.17) is 0 Å². The first kappa shape index (κ1) is 40.8. The van der Waals surface area contributed by atoms with Gasteiger partial charge in [0.2, 0.25) is 0 Å². The molecule has 5 rings (SSSR count). The van der Waals surface area contributed by atoms with Crippen molar-refractivity contribution in [3.8, 4) is 11.5 Å². The summed E-state index contributed by atoms with van der Waals surface area (Å²) >= 11 is 0. The maximum Gasteiger partial charge on any atom is 1.00 e. The molecule has 0 heterocycles. The molecule has 5 aromatic carbocycles.